The van der Waals surface area contributed by atoms with E-state index in [1.807, 2.05) is 36.1 Å². The van der Waals surface area contributed by atoms with Crippen molar-refractivity contribution < 1.29 is 4.74 Å². The molecule has 0 fully saturated rings. The van der Waals surface area contributed by atoms with Crippen LogP contribution >= 0.6 is 11.6 Å². The number of ether oxygens (including phenoxy) is 1. The molecule has 2 rings (SSSR count). The van der Waals surface area contributed by atoms with E-state index in [2.05, 4.69) is 24.3 Å². The highest BCUT2D eigenvalue weighted by atomic mass is 35.5. The maximum absolute atomic E-state index is 6.20. The van der Waals surface area contributed by atoms with Crippen molar-refractivity contribution in [2.45, 2.75) is 26.4 Å². The van der Waals surface area contributed by atoms with E-state index >= 15 is 0 Å². The normalized spacial score (nSPS) is 11.0. The number of aromatic nitrogens is 2. The monoisotopic (exact) mass is 279 g/mol. The second-order valence-electron chi connectivity index (χ2n) is 4.65. The predicted molar refractivity (Wildman–Crippen MR) is 76.9 cm³/mol. The van der Waals surface area contributed by atoms with Crippen LogP contribution < -0.4 is 10.1 Å². The van der Waals surface area contributed by atoms with Gasteiger partial charge in [0.05, 0.1) is 17.4 Å². The molecule has 0 saturated heterocycles. The lowest BCUT2D eigenvalue weighted by atomic mass is 10.2. The molecule has 0 aliphatic heterocycles. The lowest BCUT2D eigenvalue weighted by molar-refractivity contribution is 0.477. The summed E-state index contributed by atoms with van der Waals surface area (Å²) in [5.41, 5.74) is 1.12. The zero-order chi connectivity index (χ0) is 13.8. The van der Waals surface area contributed by atoms with E-state index in [9.17, 15) is 0 Å². The first-order valence-electron chi connectivity index (χ1n) is 6.25. The minimum atomic E-state index is 0.311. The summed E-state index contributed by atoms with van der Waals surface area (Å²) in [6.45, 7) is 4.91. The fraction of sp³-hybridized carbons (Fsp3) is 0.357. The molecule has 5 heteroatoms. The predicted octanol–water partition coefficient (Wildman–Crippen LogP) is 3.63. The Labute approximate surface area is 118 Å². The van der Waals surface area contributed by atoms with Gasteiger partial charge in [-0.25, -0.2) is 0 Å². The van der Waals surface area contributed by atoms with E-state index in [4.69, 9.17) is 16.3 Å². The molecule has 1 aromatic heterocycles. The molecule has 0 unspecified atom stereocenters. The molecule has 2 aromatic rings. The largest absolute Gasteiger partial charge is 0.452 e. The number of rotatable bonds is 5. The van der Waals surface area contributed by atoms with Crippen LogP contribution in [0.15, 0.2) is 30.6 Å². The van der Waals surface area contributed by atoms with Crippen molar-refractivity contribution in [3.8, 4) is 11.5 Å². The van der Waals surface area contributed by atoms with Crippen LogP contribution in [0.1, 0.15) is 25.5 Å². The second kappa shape index (κ2) is 6.08. The van der Waals surface area contributed by atoms with Crippen molar-refractivity contribution in [1.29, 1.82) is 0 Å². The highest BCUT2D eigenvalue weighted by molar-refractivity contribution is 6.32. The average molecular weight is 280 g/mol. The molecule has 0 aliphatic carbocycles. The maximum atomic E-state index is 6.20. The SMILES string of the molecule is CNCc1ccc(Oc2cnn(C(C)C)c2)c(Cl)c1. The van der Waals surface area contributed by atoms with Gasteiger partial charge in [-0.2, -0.15) is 5.10 Å². The zero-order valence-electron chi connectivity index (χ0n) is 11.4. The molecule has 1 heterocycles. The Hall–Kier alpha value is -1.52. The Morgan fingerprint density at radius 2 is 2.21 bits per heavy atom. The van der Waals surface area contributed by atoms with Crippen molar-refractivity contribution in [3.63, 3.8) is 0 Å². The second-order valence-corrected chi connectivity index (χ2v) is 5.05. The summed E-state index contributed by atoms with van der Waals surface area (Å²) >= 11 is 6.20. The topological polar surface area (TPSA) is 39.1 Å². The van der Waals surface area contributed by atoms with E-state index in [1.54, 1.807) is 6.20 Å². The van der Waals surface area contributed by atoms with Gasteiger partial charge < -0.3 is 10.1 Å². The molecule has 4 nitrogen and oxygen atoms in total. The van der Waals surface area contributed by atoms with Gasteiger partial charge in [-0.05, 0) is 38.6 Å². The fourth-order valence-corrected chi connectivity index (χ4v) is 1.97. The van der Waals surface area contributed by atoms with Gasteiger partial charge in [0.25, 0.3) is 0 Å². The van der Waals surface area contributed by atoms with Crippen LogP contribution in [0.5, 0.6) is 11.5 Å². The summed E-state index contributed by atoms with van der Waals surface area (Å²) in [5, 5.41) is 7.91. The van der Waals surface area contributed by atoms with Crippen molar-refractivity contribution >= 4 is 11.6 Å². The molecule has 1 N–H and O–H groups in total. The van der Waals surface area contributed by atoms with E-state index in [0.29, 0.717) is 22.6 Å². The molecule has 0 bridgehead atoms. The molecular formula is C14H18ClN3O. The first-order valence-corrected chi connectivity index (χ1v) is 6.63. The number of nitrogens with zero attached hydrogens (tertiary/aromatic N) is 2. The van der Waals surface area contributed by atoms with Crippen molar-refractivity contribution in [2.75, 3.05) is 7.05 Å². The van der Waals surface area contributed by atoms with Gasteiger partial charge in [0.1, 0.15) is 5.75 Å². The standard InChI is InChI=1S/C14H18ClN3O/c1-10(2)18-9-12(8-17-18)19-14-5-4-11(7-16-3)6-13(14)15/h4-6,8-10,16H,7H2,1-3H3. The Bertz CT molecular complexity index is 551. The maximum Gasteiger partial charge on any atom is 0.165 e. The molecule has 0 amide bonds. The Balaban J connectivity index is 2.13. The van der Waals surface area contributed by atoms with E-state index in [1.165, 1.54) is 0 Å². The van der Waals surface area contributed by atoms with Crippen LogP contribution in [0.2, 0.25) is 5.02 Å². The Kier molecular flexibility index (Phi) is 4.45. The molecule has 0 atom stereocenters. The van der Waals surface area contributed by atoms with Crippen LogP contribution in [0, 0.1) is 0 Å². The van der Waals surface area contributed by atoms with Crippen LogP contribution in [0.25, 0.3) is 0 Å². The summed E-state index contributed by atoms with van der Waals surface area (Å²) in [5.74, 6) is 1.33. The number of hydrogen-bond donors (Lipinski definition) is 1. The molecule has 0 saturated carbocycles. The van der Waals surface area contributed by atoms with Crippen LogP contribution in [-0.4, -0.2) is 16.8 Å². The van der Waals surface area contributed by atoms with Gasteiger partial charge in [-0.3, -0.25) is 4.68 Å². The summed E-state index contributed by atoms with van der Waals surface area (Å²) in [7, 11) is 1.90. The zero-order valence-corrected chi connectivity index (χ0v) is 12.1. The molecule has 19 heavy (non-hydrogen) atoms. The quantitative estimate of drug-likeness (QED) is 0.908. The third-order valence-corrected chi connectivity index (χ3v) is 3.01. The van der Waals surface area contributed by atoms with Gasteiger partial charge in [-0.1, -0.05) is 17.7 Å². The Morgan fingerprint density at radius 1 is 1.42 bits per heavy atom. The summed E-state index contributed by atoms with van der Waals surface area (Å²) in [6.07, 6.45) is 3.56. The molecule has 0 aliphatic rings. The van der Waals surface area contributed by atoms with E-state index < -0.39 is 0 Å². The first kappa shape index (κ1) is 13.9. The smallest absolute Gasteiger partial charge is 0.165 e. The van der Waals surface area contributed by atoms with Gasteiger partial charge in [0.2, 0.25) is 0 Å². The van der Waals surface area contributed by atoms with Gasteiger partial charge in [0, 0.05) is 12.6 Å². The third kappa shape index (κ3) is 3.49. The van der Waals surface area contributed by atoms with Crippen LogP contribution in [-0.2, 0) is 6.54 Å². The number of nitrogens with one attached hydrogen (secondary N) is 1. The average Bonchev–Trinajstić information content (AvgIpc) is 2.82. The molecular weight excluding hydrogens is 262 g/mol. The van der Waals surface area contributed by atoms with Crippen molar-refractivity contribution in [3.05, 3.63) is 41.2 Å². The van der Waals surface area contributed by atoms with E-state index in [0.717, 1.165) is 12.1 Å². The number of hydrogen-bond acceptors (Lipinski definition) is 3. The summed E-state index contributed by atoms with van der Waals surface area (Å²) in [4.78, 5) is 0. The fourth-order valence-electron chi connectivity index (χ4n) is 1.72. The molecule has 102 valence electrons. The lowest BCUT2D eigenvalue weighted by Crippen LogP contribution is -2.04. The highest BCUT2D eigenvalue weighted by Crippen LogP contribution is 2.30. The lowest BCUT2D eigenvalue weighted by Gasteiger charge is -2.07. The van der Waals surface area contributed by atoms with Crippen LogP contribution in [0.4, 0.5) is 0 Å². The van der Waals surface area contributed by atoms with Gasteiger partial charge in [0.15, 0.2) is 5.75 Å². The van der Waals surface area contributed by atoms with Crippen LogP contribution in [0.3, 0.4) is 0 Å². The highest BCUT2D eigenvalue weighted by Gasteiger charge is 2.07. The van der Waals surface area contributed by atoms with Gasteiger partial charge in [-0.15, -0.1) is 0 Å². The Morgan fingerprint density at radius 3 is 2.79 bits per heavy atom. The molecule has 0 radical (unpaired) electrons. The summed E-state index contributed by atoms with van der Waals surface area (Å²) < 4.78 is 7.58. The minimum absolute atomic E-state index is 0.311. The number of halogens is 1. The van der Waals surface area contributed by atoms with Gasteiger partial charge >= 0.3 is 0 Å². The number of benzene rings is 1. The summed E-state index contributed by atoms with van der Waals surface area (Å²) in [6, 6.07) is 6.08. The molecule has 0 spiro atoms. The van der Waals surface area contributed by atoms with Crippen molar-refractivity contribution in [2.24, 2.45) is 0 Å². The van der Waals surface area contributed by atoms with Crippen molar-refractivity contribution in [1.82, 2.24) is 15.1 Å². The van der Waals surface area contributed by atoms with E-state index in [-0.39, 0.29) is 0 Å². The molecule has 1 aromatic carbocycles. The third-order valence-electron chi connectivity index (χ3n) is 2.71. The first-order chi connectivity index (χ1) is 9.10. The minimum Gasteiger partial charge on any atom is -0.452 e.